The van der Waals surface area contributed by atoms with E-state index in [4.69, 9.17) is 4.74 Å². The molecule has 0 unspecified atom stereocenters. The second-order valence-electron chi connectivity index (χ2n) is 5.07. The molecule has 1 fully saturated rings. The van der Waals surface area contributed by atoms with Crippen molar-refractivity contribution in [1.82, 2.24) is 4.90 Å². The Labute approximate surface area is 146 Å². The fourth-order valence-corrected chi connectivity index (χ4v) is 3.51. The Kier molecular flexibility index (Phi) is 6.04. The zero-order valence-electron chi connectivity index (χ0n) is 11.8. The zero-order valence-corrected chi connectivity index (χ0v) is 15.5. The first-order valence-corrected chi connectivity index (χ1v) is 8.73. The molecule has 1 aliphatic rings. The van der Waals surface area contributed by atoms with E-state index in [1.54, 1.807) is 4.90 Å². The average Bonchev–Trinajstić information content (AvgIpc) is 3.00. The molecule has 6 heteroatoms. The van der Waals surface area contributed by atoms with E-state index in [2.05, 4.69) is 38.5 Å². The third-order valence-electron chi connectivity index (χ3n) is 3.71. The predicted molar refractivity (Wildman–Crippen MR) is 92.2 cm³/mol. The number of benzene rings is 1. The monoisotopic (exact) mass is 465 g/mol. The molecule has 0 heterocycles. The number of nitrogens with zero attached hydrogens (tertiary/aromatic N) is 1. The van der Waals surface area contributed by atoms with Crippen LogP contribution in [0.3, 0.4) is 0 Å². The van der Waals surface area contributed by atoms with Gasteiger partial charge >= 0.3 is 5.97 Å². The Balaban J connectivity index is 2.28. The van der Waals surface area contributed by atoms with E-state index in [1.165, 1.54) is 7.11 Å². The van der Waals surface area contributed by atoms with Crippen LogP contribution in [0.15, 0.2) is 22.7 Å². The number of hydrogen-bond acceptors (Lipinski definition) is 3. The largest absolute Gasteiger partial charge is 0.468 e. The van der Waals surface area contributed by atoms with Crippen molar-refractivity contribution in [3.05, 3.63) is 31.8 Å². The van der Waals surface area contributed by atoms with Gasteiger partial charge in [0.25, 0.3) is 5.91 Å². The summed E-state index contributed by atoms with van der Waals surface area (Å²) in [5, 5.41) is 0. The third-order valence-corrected chi connectivity index (χ3v) is 5.07. The van der Waals surface area contributed by atoms with Crippen molar-refractivity contribution in [3.63, 3.8) is 0 Å². The van der Waals surface area contributed by atoms with Crippen LogP contribution in [0.25, 0.3) is 0 Å². The Morgan fingerprint density at radius 1 is 1.38 bits per heavy atom. The molecule has 114 valence electrons. The van der Waals surface area contributed by atoms with Crippen molar-refractivity contribution < 1.29 is 14.3 Å². The Morgan fingerprint density at radius 3 is 2.67 bits per heavy atom. The normalized spacial score (nSPS) is 15.0. The van der Waals surface area contributed by atoms with Gasteiger partial charge in [0.1, 0.15) is 6.54 Å². The molecule has 1 amide bonds. The van der Waals surface area contributed by atoms with Gasteiger partial charge in [0.15, 0.2) is 0 Å². The summed E-state index contributed by atoms with van der Waals surface area (Å²) in [6.07, 6.45) is 4.10. The summed E-state index contributed by atoms with van der Waals surface area (Å²) in [6.45, 7) is 0.0118. The Bertz CT molecular complexity index is 544. The average molecular weight is 466 g/mol. The predicted octanol–water partition coefficient (Wildman–Crippen LogP) is 3.61. The smallest absolute Gasteiger partial charge is 0.325 e. The van der Waals surface area contributed by atoms with E-state index in [-0.39, 0.29) is 24.5 Å². The van der Waals surface area contributed by atoms with Crippen LogP contribution in [0.4, 0.5) is 0 Å². The zero-order chi connectivity index (χ0) is 15.4. The SMILES string of the molecule is COC(=O)CN(C(=O)c1cc(I)ccc1Br)C1CCCC1. The van der Waals surface area contributed by atoms with Crippen molar-refractivity contribution in [2.24, 2.45) is 0 Å². The summed E-state index contributed by atoms with van der Waals surface area (Å²) in [5.74, 6) is -0.491. The van der Waals surface area contributed by atoms with Gasteiger partial charge in [-0.25, -0.2) is 0 Å². The number of hydrogen-bond donors (Lipinski definition) is 0. The summed E-state index contributed by atoms with van der Waals surface area (Å²) in [7, 11) is 1.35. The maximum atomic E-state index is 12.8. The molecule has 0 atom stereocenters. The van der Waals surface area contributed by atoms with E-state index in [1.807, 2.05) is 18.2 Å². The van der Waals surface area contributed by atoms with Crippen LogP contribution in [-0.4, -0.2) is 36.5 Å². The highest BCUT2D eigenvalue weighted by Gasteiger charge is 2.30. The molecular formula is C15H17BrINO3. The van der Waals surface area contributed by atoms with Gasteiger partial charge in [-0.2, -0.15) is 0 Å². The maximum absolute atomic E-state index is 12.8. The highest BCUT2D eigenvalue weighted by molar-refractivity contribution is 14.1. The van der Waals surface area contributed by atoms with Gasteiger partial charge in [-0.3, -0.25) is 9.59 Å². The van der Waals surface area contributed by atoms with E-state index in [9.17, 15) is 9.59 Å². The van der Waals surface area contributed by atoms with Crippen LogP contribution in [0.5, 0.6) is 0 Å². The number of esters is 1. The van der Waals surface area contributed by atoms with Crippen LogP contribution < -0.4 is 0 Å². The molecule has 0 aromatic heterocycles. The number of carbonyl (C=O) groups excluding carboxylic acids is 2. The molecule has 1 aromatic carbocycles. The van der Waals surface area contributed by atoms with Gasteiger partial charge in [-0.15, -0.1) is 0 Å². The molecule has 4 nitrogen and oxygen atoms in total. The second-order valence-corrected chi connectivity index (χ2v) is 7.17. The minimum atomic E-state index is -0.378. The van der Waals surface area contributed by atoms with Crippen LogP contribution in [0.1, 0.15) is 36.0 Å². The number of ether oxygens (including phenoxy) is 1. The van der Waals surface area contributed by atoms with Gasteiger partial charge in [0.05, 0.1) is 12.7 Å². The standard InChI is InChI=1S/C15H17BrINO3/c1-21-14(19)9-18(11-4-2-3-5-11)15(20)12-8-10(17)6-7-13(12)16/h6-8,11H,2-5,9H2,1H3. The number of amides is 1. The van der Waals surface area contributed by atoms with Gasteiger partial charge in [-0.05, 0) is 69.6 Å². The topological polar surface area (TPSA) is 46.6 Å². The lowest BCUT2D eigenvalue weighted by Gasteiger charge is -2.28. The fraction of sp³-hybridized carbons (Fsp3) is 0.467. The van der Waals surface area contributed by atoms with Crippen molar-refractivity contribution in [1.29, 1.82) is 0 Å². The van der Waals surface area contributed by atoms with Crippen molar-refractivity contribution in [2.75, 3.05) is 13.7 Å². The van der Waals surface area contributed by atoms with Crippen LogP contribution in [-0.2, 0) is 9.53 Å². The molecular weight excluding hydrogens is 449 g/mol. The maximum Gasteiger partial charge on any atom is 0.325 e. The van der Waals surface area contributed by atoms with Gasteiger partial charge in [-0.1, -0.05) is 12.8 Å². The highest BCUT2D eigenvalue weighted by Crippen LogP contribution is 2.27. The fourth-order valence-electron chi connectivity index (χ4n) is 2.60. The highest BCUT2D eigenvalue weighted by atomic mass is 127. The van der Waals surface area contributed by atoms with Gasteiger partial charge < -0.3 is 9.64 Å². The first kappa shape index (κ1) is 16.7. The lowest BCUT2D eigenvalue weighted by Crippen LogP contribution is -2.42. The summed E-state index contributed by atoms with van der Waals surface area (Å²) >= 11 is 5.60. The molecule has 0 aliphatic heterocycles. The minimum Gasteiger partial charge on any atom is -0.468 e. The van der Waals surface area contributed by atoms with Crippen LogP contribution in [0, 0.1) is 3.57 Å². The molecule has 0 spiro atoms. The van der Waals surface area contributed by atoms with Gasteiger partial charge in [0, 0.05) is 14.1 Å². The lowest BCUT2D eigenvalue weighted by atomic mass is 10.1. The summed E-state index contributed by atoms with van der Waals surface area (Å²) < 4.78 is 6.47. The number of halogens is 2. The van der Waals surface area contributed by atoms with E-state index in [0.717, 1.165) is 33.7 Å². The van der Waals surface area contributed by atoms with E-state index < -0.39 is 0 Å². The molecule has 1 saturated carbocycles. The van der Waals surface area contributed by atoms with Crippen molar-refractivity contribution in [3.8, 4) is 0 Å². The summed E-state index contributed by atoms with van der Waals surface area (Å²) in [6, 6.07) is 5.76. The Morgan fingerprint density at radius 2 is 2.05 bits per heavy atom. The molecule has 0 saturated heterocycles. The molecule has 2 rings (SSSR count). The molecule has 0 N–H and O–H groups in total. The lowest BCUT2D eigenvalue weighted by molar-refractivity contribution is -0.141. The van der Waals surface area contributed by atoms with Crippen molar-refractivity contribution >= 4 is 50.4 Å². The molecule has 1 aromatic rings. The number of rotatable bonds is 4. The molecule has 0 radical (unpaired) electrons. The van der Waals surface area contributed by atoms with E-state index >= 15 is 0 Å². The Hall–Kier alpha value is -0.630. The number of methoxy groups -OCH3 is 1. The van der Waals surface area contributed by atoms with Crippen molar-refractivity contribution in [2.45, 2.75) is 31.7 Å². The number of carbonyl (C=O) groups is 2. The van der Waals surface area contributed by atoms with E-state index in [0.29, 0.717) is 5.56 Å². The summed E-state index contributed by atoms with van der Waals surface area (Å²) in [5.41, 5.74) is 0.595. The summed E-state index contributed by atoms with van der Waals surface area (Å²) in [4.78, 5) is 26.1. The first-order chi connectivity index (χ1) is 10.0. The van der Waals surface area contributed by atoms with Crippen LogP contribution in [0.2, 0.25) is 0 Å². The quantitative estimate of drug-likeness (QED) is 0.504. The third kappa shape index (κ3) is 4.18. The van der Waals surface area contributed by atoms with Crippen LogP contribution >= 0.6 is 38.5 Å². The minimum absolute atomic E-state index is 0.0118. The van der Waals surface area contributed by atoms with Gasteiger partial charge in [0.2, 0.25) is 0 Å². The molecule has 1 aliphatic carbocycles. The molecule has 21 heavy (non-hydrogen) atoms. The second kappa shape index (κ2) is 7.58. The molecule has 0 bridgehead atoms. The first-order valence-electron chi connectivity index (χ1n) is 6.85.